The average Bonchev–Trinajstić information content (AvgIpc) is 3.42. The Kier molecular flexibility index (Phi) is 13.7. The van der Waals surface area contributed by atoms with Gasteiger partial charge in [-0.1, -0.05) is 206 Å². The normalized spacial score (nSPS) is 11.0. The number of aromatic hydroxyl groups is 2. The molecule has 0 saturated carbocycles. The summed E-state index contributed by atoms with van der Waals surface area (Å²) in [5.74, 6) is 0.338. The minimum atomic E-state index is 0.162. The van der Waals surface area contributed by atoms with Gasteiger partial charge in [-0.05, 0) is 128 Å². The van der Waals surface area contributed by atoms with Crippen LogP contribution in [0.1, 0.15) is 11.1 Å². The van der Waals surface area contributed by atoms with Crippen LogP contribution in [0.2, 0.25) is 0 Å². The van der Waals surface area contributed by atoms with E-state index in [9.17, 15) is 10.2 Å². The van der Waals surface area contributed by atoms with Gasteiger partial charge in [-0.2, -0.15) is 0 Å². The van der Waals surface area contributed by atoms with E-state index in [0.717, 1.165) is 89.3 Å². The lowest BCUT2D eigenvalue weighted by molar-refractivity contribution is 0.474. The van der Waals surface area contributed by atoms with Crippen molar-refractivity contribution in [2.24, 2.45) is 0 Å². The minimum Gasteiger partial charge on any atom is -0.506 e. The van der Waals surface area contributed by atoms with Crippen LogP contribution in [0.4, 0.5) is 22.7 Å². The highest BCUT2D eigenvalue weighted by atomic mass is 16.3. The predicted octanol–water partition coefficient (Wildman–Crippen LogP) is 15.9. The van der Waals surface area contributed by atoms with Crippen LogP contribution in [-0.4, -0.2) is 30.2 Å². The summed E-state index contributed by atoms with van der Waals surface area (Å²) in [5.41, 5.74) is 18.6. The molecule has 0 bridgehead atoms. The fraction of sp³-hybridized carbons (Fsp3) is 0.0769. The third kappa shape index (κ3) is 10.0. The molecule has 6 heteroatoms. The zero-order valence-corrected chi connectivity index (χ0v) is 40.0. The number of benzene rings is 10. The first-order valence-electron chi connectivity index (χ1n) is 24.1. The standard InChI is InChI=1S/C65H56N4O2/c1-46-21-15-17-35-59(46)68(45-67-58-41-52(37-39-62(58)70)64-54(48-23-7-3-8-24-48)31-19-32-55(64)49-25-9-4-10-26-49)43-66-44-69(60-36-18-16-22-47(60)2)61-42-53(38-40-63(61)71)65-56(50-27-11-5-12-28-50)33-20-34-57(65)51-29-13-6-14-30-51/h3-42,66-67,70-71H,43-45H2,1-2H3. The second kappa shape index (κ2) is 21.2. The zero-order chi connectivity index (χ0) is 48.5. The van der Waals surface area contributed by atoms with Crippen molar-refractivity contribution in [2.75, 3.05) is 35.1 Å². The van der Waals surface area contributed by atoms with Gasteiger partial charge in [0.2, 0.25) is 0 Å². The summed E-state index contributed by atoms with van der Waals surface area (Å²) in [6.07, 6.45) is 0. The van der Waals surface area contributed by atoms with E-state index < -0.39 is 0 Å². The van der Waals surface area contributed by atoms with Gasteiger partial charge in [0, 0.05) is 11.4 Å². The van der Waals surface area contributed by atoms with Gasteiger partial charge < -0.3 is 25.3 Å². The molecule has 0 aliphatic carbocycles. The Labute approximate surface area is 417 Å². The van der Waals surface area contributed by atoms with Crippen molar-refractivity contribution < 1.29 is 10.2 Å². The summed E-state index contributed by atoms with van der Waals surface area (Å²) in [6, 6.07) is 83.3. The molecule has 0 unspecified atom stereocenters. The second-order valence-corrected chi connectivity index (χ2v) is 17.8. The highest BCUT2D eigenvalue weighted by Gasteiger charge is 2.22. The molecule has 0 aliphatic rings. The lowest BCUT2D eigenvalue weighted by Gasteiger charge is -2.32. The van der Waals surface area contributed by atoms with Crippen LogP contribution in [0.25, 0.3) is 66.8 Å². The van der Waals surface area contributed by atoms with Gasteiger partial charge in [0.25, 0.3) is 0 Å². The van der Waals surface area contributed by atoms with E-state index in [1.807, 2.05) is 54.6 Å². The maximum atomic E-state index is 11.9. The van der Waals surface area contributed by atoms with Crippen molar-refractivity contribution in [1.29, 1.82) is 0 Å². The lowest BCUT2D eigenvalue weighted by Crippen LogP contribution is -2.42. The Morgan fingerprint density at radius 2 is 0.746 bits per heavy atom. The molecule has 348 valence electrons. The van der Waals surface area contributed by atoms with Gasteiger partial charge in [-0.15, -0.1) is 0 Å². The molecule has 0 heterocycles. The second-order valence-electron chi connectivity index (χ2n) is 17.8. The molecular formula is C65H56N4O2. The Hall–Kier alpha value is -8.84. The molecule has 0 fully saturated rings. The van der Waals surface area contributed by atoms with E-state index in [4.69, 9.17) is 0 Å². The first-order valence-corrected chi connectivity index (χ1v) is 24.1. The van der Waals surface area contributed by atoms with E-state index in [-0.39, 0.29) is 11.5 Å². The van der Waals surface area contributed by atoms with Crippen LogP contribution >= 0.6 is 0 Å². The summed E-state index contributed by atoms with van der Waals surface area (Å²) in [6.45, 7) is 5.41. The highest BCUT2D eigenvalue weighted by Crippen LogP contribution is 2.45. The maximum Gasteiger partial charge on any atom is 0.139 e. The fourth-order valence-electron chi connectivity index (χ4n) is 9.68. The summed E-state index contributed by atoms with van der Waals surface area (Å²) in [7, 11) is 0. The van der Waals surface area contributed by atoms with Gasteiger partial charge in [0.1, 0.15) is 11.5 Å². The van der Waals surface area contributed by atoms with E-state index in [1.165, 1.54) is 0 Å². The van der Waals surface area contributed by atoms with Crippen LogP contribution in [0.5, 0.6) is 11.5 Å². The van der Waals surface area contributed by atoms with Gasteiger partial charge in [0.05, 0.1) is 31.4 Å². The monoisotopic (exact) mass is 924 g/mol. The quantitative estimate of drug-likeness (QED) is 0.0572. The number of nitrogens with zero attached hydrogens (tertiary/aromatic N) is 2. The molecule has 0 saturated heterocycles. The van der Waals surface area contributed by atoms with Gasteiger partial charge >= 0.3 is 0 Å². The Bertz CT molecular complexity index is 3280. The number of hydrogen-bond donors (Lipinski definition) is 4. The van der Waals surface area contributed by atoms with Crippen LogP contribution < -0.4 is 20.4 Å². The first kappa shape index (κ1) is 45.9. The largest absolute Gasteiger partial charge is 0.506 e. The topological polar surface area (TPSA) is 71.0 Å². The van der Waals surface area contributed by atoms with Gasteiger partial charge in [0.15, 0.2) is 0 Å². The summed E-state index contributed by atoms with van der Waals surface area (Å²) >= 11 is 0. The van der Waals surface area contributed by atoms with Gasteiger partial charge in [-0.3, -0.25) is 5.32 Å². The lowest BCUT2D eigenvalue weighted by atomic mass is 9.87. The average molecular weight is 925 g/mol. The number of phenols is 2. The first-order chi connectivity index (χ1) is 34.9. The Morgan fingerprint density at radius 3 is 1.21 bits per heavy atom. The maximum absolute atomic E-state index is 11.9. The number of hydrogen-bond acceptors (Lipinski definition) is 6. The van der Waals surface area contributed by atoms with Crippen molar-refractivity contribution in [2.45, 2.75) is 13.8 Å². The molecule has 71 heavy (non-hydrogen) atoms. The fourth-order valence-corrected chi connectivity index (χ4v) is 9.68. The molecule has 0 spiro atoms. The van der Waals surface area contributed by atoms with Crippen molar-refractivity contribution >= 4 is 22.7 Å². The van der Waals surface area contributed by atoms with Crippen molar-refractivity contribution in [1.82, 2.24) is 5.32 Å². The smallest absolute Gasteiger partial charge is 0.139 e. The van der Waals surface area contributed by atoms with E-state index in [2.05, 4.69) is 216 Å². The third-order valence-corrected chi connectivity index (χ3v) is 13.2. The molecule has 0 aromatic heterocycles. The number of phenolic OH excluding ortho intramolecular Hbond substituents is 2. The molecule has 10 rings (SSSR count). The van der Waals surface area contributed by atoms with E-state index in [0.29, 0.717) is 31.4 Å². The molecule has 6 nitrogen and oxygen atoms in total. The number of nitrogens with one attached hydrogen (secondary N) is 2. The van der Waals surface area contributed by atoms with Crippen LogP contribution in [0.15, 0.2) is 243 Å². The predicted molar refractivity (Wildman–Crippen MR) is 297 cm³/mol. The summed E-state index contributed by atoms with van der Waals surface area (Å²) in [4.78, 5) is 4.40. The SMILES string of the molecule is Cc1ccccc1N(CNCN(c1ccccc1C)c1cc(-c2c(-c3ccccc3)cccc2-c2ccccc2)ccc1O)CNc1cc(-c2c(-c3ccccc3)cccc2-c2ccccc2)ccc1O. The van der Waals surface area contributed by atoms with Gasteiger partial charge in [-0.25, -0.2) is 0 Å². The minimum absolute atomic E-state index is 0.162. The molecular weight excluding hydrogens is 869 g/mol. The third-order valence-electron chi connectivity index (χ3n) is 13.2. The highest BCUT2D eigenvalue weighted by molar-refractivity contribution is 5.97. The van der Waals surface area contributed by atoms with Crippen LogP contribution in [0.3, 0.4) is 0 Å². The molecule has 0 atom stereocenters. The van der Waals surface area contributed by atoms with E-state index in [1.54, 1.807) is 6.07 Å². The molecule has 0 aliphatic heterocycles. The van der Waals surface area contributed by atoms with Crippen molar-refractivity contribution in [3.8, 4) is 78.3 Å². The van der Waals surface area contributed by atoms with Crippen molar-refractivity contribution in [3.05, 3.63) is 254 Å². The van der Waals surface area contributed by atoms with Crippen LogP contribution in [0, 0.1) is 13.8 Å². The number of para-hydroxylation sites is 2. The molecule has 10 aromatic rings. The number of aryl methyl sites for hydroxylation is 2. The number of rotatable bonds is 16. The van der Waals surface area contributed by atoms with E-state index >= 15 is 0 Å². The molecule has 10 aromatic carbocycles. The molecule has 0 amide bonds. The van der Waals surface area contributed by atoms with Crippen LogP contribution in [-0.2, 0) is 0 Å². The Balaban J connectivity index is 0.984. The Morgan fingerprint density at radius 1 is 0.338 bits per heavy atom. The molecule has 4 N–H and O–H groups in total. The van der Waals surface area contributed by atoms with Crippen molar-refractivity contribution in [3.63, 3.8) is 0 Å². The summed E-state index contributed by atoms with van der Waals surface area (Å²) < 4.78 is 0. The summed E-state index contributed by atoms with van der Waals surface area (Å²) in [5, 5.41) is 30.8. The zero-order valence-electron chi connectivity index (χ0n) is 40.0. The molecule has 0 radical (unpaired) electrons. The number of anilines is 4.